The quantitative estimate of drug-likeness (QED) is 0.430. The summed E-state index contributed by atoms with van der Waals surface area (Å²) in [4.78, 5) is 26.6. The molecule has 8 nitrogen and oxygen atoms in total. The Morgan fingerprint density at radius 2 is 1.84 bits per heavy atom. The van der Waals surface area contributed by atoms with E-state index in [1.54, 1.807) is 45.7 Å². The monoisotopic (exact) mass is 425 g/mol. The molecule has 0 aliphatic rings. The average molecular weight is 425 g/mol. The average Bonchev–Trinajstić information content (AvgIpc) is 3.43. The van der Waals surface area contributed by atoms with Crippen LogP contribution >= 0.6 is 0 Å². The number of hydrogen-bond acceptors (Lipinski definition) is 5. The Morgan fingerprint density at radius 1 is 1.03 bits per heavy atom. The van der Waals surface area contributed by atoms with E-state index in [-0.39, 0.29) is 5.69 Å². The number of nitrogens with zero attached hydrogens (tertiary/aromatic N) is 7. The van der Waals surface area contributed by atoms with Gasteiger partial charge in [0.05, 0.1) is 18.4 Å². The van der Waals surface area contributed by atoms with Crippen LogP contribution in [0.2, 0.25) is 0 Å². The van der Waals surface area contributed by atoms with Gasteiger partial charge >= 0.3 is 5.69 Å². The third kappa shape index (κ3) is 3.39. The molecular weight excluding hydrogens is 402 g/mol. The Morgan fingerprint density at radius 3 is 2.56 bits per heavy atom. The second kappa shape index (κ2) is 7.88. The maximum Gasteiger partial charge on any atom is 0.330 e. The van der Waals surface area contributed by atoms with Crippen molar-refractivity contribution in [1.82, 2.24) is 33.9 Å². The molecule has 0 bridgehead atoms. The molecule has 0 saturated heterocycles. The van der Waals surface area contributed by atoms with Crippen LogP contribution in [0.4, 0.5) is 0 Å². The van der Waals surface area contributed by atoms with Gasteiger partial charge in [-0.05, 0) is 41.3 Å². The highest BCUT2D eigenvalue weighted by molar-refractivity contribution is 5.74. The summed E-state index contributed by atoms with van der Waals surface area (Å²) in [5.74, 6) is 0.876. The summed E-state index contributed by atoms with van der Waals surface area (Å²) in [6.07, 6.45) is 8.92. The van der Waals surface area contributed by atoms with Crippen LogP contribution in [0.5, 0.6) is 0 Å². The molecule has 0 spiro atoms. The third-order valence-electron chi connectivity index (χ3n) is 5.65. The van der Waals surface area contributed by atoms with Crippen molar-refractivity contribution in [2.45, 2.75) is 26.3 Å². The van der Waals surface area contributed by atoms with Crippen LogP contribution in [0.15, 0.2) is 72.2 Å². The highest BCUT2D eigenvalue weighted by Gasteiger charge is 2.17. The highest BCUT2D eigenvalue weighted by atomic mass is 16.1. The second-order valence-corrected chi connectivity index (χ2v) is 8.06. The zero-order valence-corrected chi connectivity index (χ0v) is 18.2. The van der Waals surface area contributed by atoms with E-state index < -0.39 is 0 Å². The lowest BCUT2D eigenvalue weighted by atomic mass is 9.99. The lowest BCUT2D eigenvalue weighted by Gasteiger charge is -2.11. The molecule has 1 aromatic carbocycles. The molecule has 4 heterocycles. The van der Waals surface area contributed by atoms with Gasteiger partial charge in [-0.3, -0.25) is 14.1 Å². The van der Waals surface area contributed by atoms with E-state index in [0.717, 1.165) is 22.4 Å². The van der Waals surface area contributed by atoms with Gasteiger partial charge in [-0.25, -0.2) is 19.4 Å². The summed E-state index contributed by atoms with van der Waals surface area (Å²) in [5, 5.41) is 4.25. The number of imidazole rings is 1. The minimum atomic E-state index is -0.127. The summed E-state index contributed by atoms with van der Waals surface area (Å²) in [7, 11) is 1.74. The van der Waals surface area contributed by atoms with Crippen LogP contribution in [0.3, 0.4) is 0 Å². The second-order valence-electron chi connectivity index (χ2n) is 8.06. The molecule has 0 atom stereocenters. The molecule has 0 radical (unpaired) electrons. The van der Waals surface area contributed by atoms with E-state index in [1.165, 1.54) is 0 Å². The third-order valence-corrected chi connectivity index (χ3v) is 5.65. The molecule has 0 fully saturated rings. The number of rotatable bonds is 5. The Kier molecular flexibility index (Phi) is 4.89. The summed E-state index contributed by atoms with van der Waals surface area (Å²) in [5.41, 5.74) is 5.15. The van der Waals surface area contributed by atoms with Crippen molar-refractivity contribution in [1.29, 1.82) is 0 Å². The predicted octanol–water partition coefficient (Wildman–Crippen LogP) is 3.55. The molecule has 4 aromatic heterocycles. The molecular formula is C24H23N7O. The number of pyridine rings is 1. The van der Waals surface area contributed by atoms with Crippen molar-refractivity contribution in [3.8, 4) is 17.1 Å². The van der Waals surface area contributed by atoms with Crippen LogP contribution in [-0.2, 0) is 13.6 Å². The Bertz CT molecular complexity index is 1440. The Balaban J connectivity index is 1.57. The van der Waals surface area contributed by atoms with E-state index >= 15 is 0 Å². The van der Waals surface area contributed by atoms with Crippen LogP contribution in [0.25, 0.3) is 28.2 Å². The molecule has 0 aliphatic heterocycles. The lowest BCUT2D eigenvalue weighted by molar-refractivity contribution is 0.731. The summed E-state index contributed by atoms with van der Waals surface area (Å²) in [6.45, 7) is 4.67. The number of aryl methyl sites for hydroxylation is 1. The van der Waals surface area contributed by atoms with E-state index in [9.17, 15) is 4.79 Å². The molecule has 0 saturated carbocycles. The maximum atomic E-state index is 13.0. The van der Waals surface area contributed by atoms with Crippen LogP contribution in [0.1, 0.15) is 30.9 Å². The number of fused-ring (bicyclic) bond motifs is 1. The van der Waals surface area contributed by atoms with E-state index in [0.29, 0.717) is 29.5 Å². The summed E-state index contributed by atoms with van der Waals surface area (Å²) >= 11 is 0. The maximum absolute atomic E-state index is 13.0. The van der Waals surface area contributed by atoms with Crippen molar-refractivity contribution >= 4 is 11.2 Å². The van der Waals surface area contributed by atoms with Gasteiger partial charge in [-0.15, -0.1) is 0 Å². The molecule has 5 aromatic rings. The number of benzene rings is 1. The molecule has 0 unspecified atom stereocenters. The van der Waals surface area contributed by atoms with Crippen molar-refractivity contribution in [2.75, 3.05) is 0 Å². The first kappa shape index (κ1) is 19.9. The Hall–Kier alpha value is -4.07. The number of hydrogen-bond donors (Lipinski definition) is 0. The van der Waals surface area contributed by atoms with E-state index in [2.05, 4.69) is 28.9 Å². The van der Waals surface area contributed by atoms with Gasteiger partial charge < -0.3 is 0 Å². The zero-order chi connectivity index (χ0) is 22.2. The van der Waals surface area contributed by atoms with Crippen molar-refractivity contribution in [2.24, 2.45) is 7.05 Å². The molecule has 32 heavy (non-hydrogen) atoms. The normalized spacial score (nSPS) is 11.5. The topological polar surface area (TPSA) is 83.4 Å². The first-order valence-corrected chi connectivity index (χ1v) is 10.5. The molecule has 0 aliphatic carbocycles. The zero-order valence-electron chi connectivity index (χ0n) is 18.2. The fourth-order valence-corrected chi connectivity index (χ4v) is 3.90. The first-order valence-electron chi connectivity index (χ1n) is 10.5. The van der Waals surface area contributed by atoms with Crippen molar-refractivity contribution in [3.63, 3.8) is 0 Å². The van der Waals surface area contributed by atoms with Crippen LogP contribution in [-0.4, -0.2) is 33.9 Å². The molecule has 0 N–H and O–H groups in total. The predicted molar refractivity (Wildman–Crippen MR) is 123 cm³/mol. The van der Waals surface area contributed by atoms with Gasteiger partial charge in [-0.2, -0.15) is 5.10 Å². The minimum absolute atomic E-state index is 0.127. The molecule has 0 amide bonds. The van der Waals surface area contributed by atoms with Crippen LogP contribution < -0.4 is 5.69 Å². The SMILES string of the molecule is CC(C)c1ccncc1-c1ncc2c(n1)n(Cc1ccc(-n3cccn3)cc1)c(=O)n2C. The summed E-state index contributed by atoms with van der Waals surface area (Å²) < 4.78 is 5.08. The summed E-state index contributed by atoms with van der Waals surface area (Å²) in [6, 6.07) is 11.9. The Labute approximate surface area is 184 Å². The molecule has 5 rings (SSSR count). The van der Waals surface area contributed by atoms with Gasteiger partial charge in [0.15, 0.2) is 11.5 Å². The fraction of sp³-hybridized carbons (Fsp3) is 0.208. The van der Waals surface area contributed by atoms with Gasteiger partial charge in [0.2, 0.25) is 0 Å². The molecule has 160 valence electrons. The van der Waals surface area contributed by atoms with Crippen LogP contribution in [0, 0.1) is 0 Å². The smallest absolute Gasteiger partial charge is 0.292 e. The highest BCUT2D eigenvalue weighted by Crippen LogP contribution is 2.26. The lowest BCUT2D eigenvalue weighted by Crippen LogP contribution is -2.22. The van der Waals surface area contributed by atoms with E-state index in [4.69, 9.17) is 4.98 Å². The molecule has 8 heteroatoms. The van der Waals surface area contributed by atoms with Crippen molar-refractivity contribution in [3.05, 3.63) is 89.0 Å². The van der Waals surface area contributed by atoms with Gasteiger partial charge in [-0.1, -0.05) is 26.0 Å². The first-order chi connectivity index (χ1) is 15.5. The minimum Gasteiger partial charge on any atom is -0.292 e. The van der Waals surface area contributed by atoms with E-state index in [1.807, 2.05) is 42.6 Å². The van der Waals surface area contributed by atoms with Crippen molar-refractivity contribution < 1.29 is 0 Å². The largest absolute Gasteiger partial charge is 0.330 e. The fourth-order valence-electron chi connectivity index (χ4n) is 3.90. The standard InChI is InChI=1S/C24H23N7O/c1-16(2)19-9-11-25-13-20(19)22-26-14-21-23(28-22)30(24(32)29(21)3)15-17-5-7-18(8-6-17)31-12-4-10-27-31/h4-14,16H,15H2,1-3H3. The number of aromatic nitrogens is 7. The van der Waals surface area contributed by atoms with Gasteiger partial charge in [0, 0.05) is 37.4 Å². The van der Waals surface area contributed by atoms with Gasteiger partial charge in [0.25, 0.3) is 0 Å². The van der Waals surface area contributed by atoms with Gasteiger partial charge in [0.1, 0.15) is 5.52 Å².